The van der Waals surface area contributed by atoms with Crippen molar-refractivity contribution in [2.24, 2.45) is 5.14 Å². The average molecular weight is 243 g/mol. The molecule has 0 spiro atoms. The summed E-state index contributed by atoms with van der Waals surface area (Å²) in [6.45, 7) is 1.99. The van der Waals surface area contributed by atoms with Crippen LogP contribution < -0.4 is 10.6 Å². The molecule has 0 radical (unpaired) electrons. The lowest BCUT2D eigenvalue weighted by Gasteiger charge is -2.19. The molecule has 3 N–H and O–H groups in total. The van der Waals surface area contributed by atoms with Gasteiger partial charge in [0.15, 0.2) is 0 Å². The summed E-state index contributed by atoms with van der Waals surface area (Å²) in [5.74, 6) is 0. The lowest BCUT2D eigenvalue weighted by atomic mass is 10.1. The molecule has 1 aromatic carbocycles. The molecule has 5 nitrogen and oxygen atoms in total. The standard InChI is InChI=1S/C10H17N3O2S/c1-8(12-13(2)3)9-4-6-10(7-5-9)16(11,14)15/h4-8,12H,1-3H3,(H2,11,14,15). The highest BCUT2D eigenvalue weighted by Crippen LogP contribution is 2.15. The minimum atomic E-state index is -3.60. The second-order valence-electron chi connectivity index (χ2n) is 3.86. The van der Waals surface area contributed by atoms with Gasteiger partial charge in [-0.15, -0.1) is 0 Å². The molecule has 0 saturated heterocycles. The maximum absolute atomic E-state index is 11.0. The van der Waals surface area contributed by atoms with Crippen molar-refractivity contribution >= 4 is 10.0 Å². The van der Waals surface area contributed by atoms with E-state index in [1.807, 2.05) is 26.0 Å². The van der Waals surface area contributed by atoms with E-state index >= 15 is 0 Å². The van der Waals surface area contributed by atoms with Crippen molar-refractivity contribution in [2.75, 3.05) is 14.1 Å². The molecule has 1 unspecified atom stereocenters. The van der Waals surface area contributed by atoms with Crippen LogP contribution in [0.15, 0.2) is 29.2 Å². The van der Waals surface area contributed by atoms with Gasteiger partial charge in [-0.25, -0.2) is 19.0 Å². The molecule has 1 atom stereocenters. The van der Waals surface area contributed by atoms with Crippen LogP contribution in [0.25, 0.3) is 0 Å². The van der Waals surface area contributed by atoms with E-state index in [4.69, 9.17) is 5.14 Å². The summed E-state index contributed by atoms with van der Waals surface area (Å²) >= 11 is 0. The van der Waals surface area contributed by atoms with E-state index in [1.165, 1.54) is 12.1 Å². The Morgan fingerprint density at radius 2 is 1.75 bits per heavy atom. The largest absolute Gasteiger partial charge is 0.250 e. The third kappa shape index (κ3) is 3.57. The molecule has 0 heterocycles. The highest BCUT2D eigenvalue weighted by atomic mass is 32.2. The fourth-order valence-electron chi connectivity index (χ4n) is 1.41. The smallest absolute Gasteiger partial charge is 0.238 e. The molecule has 0 amide bonds. The number of primary sulfonamides is 1. The number of rotatable bonds is 4. The summed E-state index contributed by atoms with van der Waals surface area (Å²) in [5, 5.41) is 6.86. The van der Waals surface area contributed by atoms with Gasteiger partial charge in [-0.3, -0.25) is 5.01 Å². The Balaban J connectivity index is 2.87. The van der Waals surface area contributed by atoms with E-state index in [1.54, 1.807) is 12.1 Å². The lowest BCUT2D eigenvalue weighted by molar-refractivity contribution is 0.252. The van der Waals surface area contributed by atoms with Gasteiger partial charge in [-0.05, 0) is 24.6 Å². The first-order chi connectivity index (χ1) is 7.30. The van der Waals surface area contributed by atoms with Crippen LogP contribution in [0, 0.1) is 0 Å². The highest BCUT2D eigenvalue weighted by Gasteiger charge is 2.09. The molecule has 6 heteroatoms. The van der Waals surface area contributed by atoms with E-state index in [-0.39, 0.29) is 10.9 Å². The molecule has 0 fully saturated rings. The molecule has 0 aliphatic heterocycles. The van der Waals surface area contributed by atoms with Crippen molar-refractivity contribution in [1.29, 1.82) is 0 Å². The van der Waals surface area contributed by atoms with E-state index in [0.717, 1.165) is 5.56 Å². The number of hydrazine groups is 1. The van der Waals surface area contributed by atoms with E-state index in [2.05, 4.69) is 5.43 Å². The Hall–Kier alpha value is -0.950. The monoisotopic (exact) mass is 243 g/mol. The van der Waals surface area contributed by atoms with E-state index < -0.39 is 10.0 Å². The molecule has 0 aliphatic rings. The van der Waals surface area contributed by atoms with Crippen LogP contribution in [0.2, 0.25) is 0 Å². The van der Waals surface area contributed by atoms with Gasteiger partial charge >= 0.3 is 0 Å². The molecule has 16 heavy (non-hydrogen) atoms. The Morgan fingerprint density at radius 3 is 2.12 bits per heavy atom. The molecular weight excluding hydrogens is 226 g/mol. The Labute approximate surface area is 96.3 Å². The molecule has 0 aliphatic carbocycles. The normalized spacial score (nSPS) is 14.1. The van der Waals surface area contributed by atoms with Gasteiger partial charge in [0.1, 0.15) is 0 Å². The maximum atomic E-state index is 11.0. The SMILES string of the molecule is CC(NN(C)C)c1ccc(S(N)(=O)=O)cc1. The van der Waals surface area contributed by atoms with Crippen molar-refractivity contribution in [3.63, 3.8) is 0 Å². The van der Waals surface area contributed by atoms with E-state index in [0.29, 0.717) is 0 Å². The summed E-state index contributed by atoms with van der Waals surface area (Å²) in [6.07, 6.45) is 0. The first kappa shape index (κ1) is 13.1. The van der Waals surface area contributed by atoms with Crippen molar-refractivity contribution < 1.29 is 8.42 Å². The van der Waals surface area contributed by atoms with E-state index in [9.17, 15) is 8.42 Å². The van der Waals surface area contributed by atoms with Crippen molar-refractivity contribution in [2.45, 2.75) is 17.9 Å². The first-order valence-electron chi connectivity index (χ1n) is 4.87. The van der Waals surface area contributed by atoms with Gasteiger partial charge in [-0.2, -0.15) is 0 Å². The number of benzene rings is 1. The summed E-state index contributed by atoms with van der Waals surface area (Å²) in [6, 6.07) is 6.64. The average Bonchev–Trinajstić information content (AvgIpc) is 2.15. The zero-order valence-electron chi connectivity index (χ0n) is 9.64. The summed E-state index contributed by atoms with van der Waals surface area (Å²) in [7, 11) is 0.197. The zero-order valence-corrected chi connectivity index (χ0v) is 10.5. The van der Waals surface area contributed by atoms with Gasteiger partial charge in [-0.1, -0.05) is 12.1 Å². The molecule has 0 bridgehead atoms. The van der Waals surface area contributed by atoms with Gasteiger partial charge in [0, 0.05) is 20.1 Å². The van der Waals surface area contributed by atoms with Gasteiger partial charge in [0.2, 0.25) is 10.0 Å². The number of sulfonamides is 1. The Kier molecular flexibility index (Phi) is 4.03. The summed E-state index contributed by atoms with van der Waals surface area (Å²) in [5.41, 5.74) is 4.17. The first-order valence-corrected chi connectivity index (χ1v) is 6.41. The predicted molar refractivity (Wildman–Crippen MR) is 63.1 cm³/mol. The molecule has 0 aromatic heterocycles. The number of nitrogens with zero attached hydrogens (tertiary/aromatic N) is 1. The van der Waals surface area contributed by atoms with Crippen LogP contribution in [0.3, 0.4) is 0 Å². The second-order valence-corrected chi connectivity index (χ2v) is 5.42. The second kappa shape index (κ2) is 4.92. The van der Waals surface area contributed by atoms with Crippen LogP contribution >= 0.6 is 0 Å². The third-order valence-electron chi connectivity index (χ3n) is 2.16. The van der Waals surface area contributed by atoms with Crippen molar-refractivity contribution in [1.82, 2.24) is 10.4 Å². The summed E-state index contributed by atoms with van der Waals surface area (Å²) in [4.78, 5) is 0.133. The van der Waals surface area contributed by atoms with Crippen LogP contribution in [0.1, 0.15) is 18.5 Å². The lowest BCUT2D eigenvalue weighted by Crippen LogP contribution is -2.32. The number of hydrogen-bond donors (Lipinski definition) is 2. The minimum absolute atomic E-state index is 0.115. The van der Waals surface area contributed by atoms with Crippen LogP contribution in [-0.2, 0) is 10.0 Å². The van der Waals surface area contributed by atoms with Crippen LogP contribution in [0.4, 0.5) is 0 Å². The van der Waals surface area contributed by atoms with Gasteiger partial charge < -0.3 is 0 Å². The third-order valence-corrected chi connectivity index (χ3v) is 3.09. The van der Waals surface area contributed by atoms with Gasteiger partial charge in [0.25, 0.3) is 0 Å². The van der Waals surface area contributed by atoms with Crippen molar-refractivity contribution in [3.8, 4) is 0 Å². The molecular formula is C10H17N3O2S. The Morgan fingerprint density at radius 1 is 1.25 bits per heavy atom. The van der Waals surface area contributed by atoms with Crippen molar-refractivity contribution in [3.05, 3.63) is 29.8 Å². The molecule has 0 saturated carbocycles. The van der Waals surface area contributed by atoms with Crippen LogP contribution in [0.5, 0.6) is 0 Å². The van der Waals surface area contributed by atoms with Crippen LogP contribution in [-0.4, -0.2) is 27.5 Å². The number of nitrogens with one attached hydrogen (secondary N) is 1. The maximum Gasteiger partial charge on any atom is 0.238 e. The number of nitrogens with two attached hydrogens (primary N) is 1. The minimum Gasteiger partial charge on any atom is -0.250 e. The Bertz CT molecular complexity index is 440. The van der Waals surface area contributed by atoms with Gasteiger partial charge in [0.05, 0.1) is 4.90 Å². The predicted octanol–water partition coefficient (Wildman–Crippen LogP) is 0.461. The molecule has 1 rings (SSSR count). The highest BCUT2D eigenvalue weighted by molar-refractivity contribution is 7.89. The molecule has 90 valence electrons. The molecule has 1 aromatic rings. The quantitative estimate of drug-likeness (QED) is 0.753. The topological polar surface area (TPSA) is 75.4 Å². The fraction of sp³-hybridized carbons (Fsp3) is 0.400. The summed E-state index contributed by atoms with van der Waals surface area (Å²) < 4.78 is 22.1. The number of hydrogen-bond acceptors (Lipinski definition) is 4. The fourth-order valence-corrected chi connectivity index (χ4v) is 1.92. The zero-order chi connectivity index (χ0) is 12.3.